The molecule has 0 bridgehead atoms. The van der Waals surface area contributed by atoms with E-state index in [9.17, 15) is 31.0 Å². The minimum absolute atomic E-state index is 0. The number of aliphatic imine (C=N–C) groups is 1. The van der Waals surface area contributed by atoms with E-state index in [0.29, 0.717) is 39.8 Å². The van der Waals surface area contributed by atoms with Crippen molar-refractivity contribution in [1.29, 1.82) is 0 Å². The molecule has 0 unspecified atom stereocenters. The Morgan fingerprint density at radius 2 is 0.763 bits per heavy atom. The average molecular weight is 1080 g/mol. The van der Waals surface area contributed by atoms with E-state index in [0.717, 1.165) is 40.5 Å². The van der Waals surface area contributed by atoms with Crippen molar-refractivity contribution in [2.24, 2.45) is 45.9 Å². The fraction of sp³-hybridized carbons (Fsp3) is 0. The zero-order valence-electron chi connectivity index (χ0n) is 40.2. The molecular formula is C49H40N16Na2O7S2. The number of nitrogen functional groups attached to an aromatic ring is 6. The molecule has 0 saturated heterocycles. The number of anilines is 7. The van der Waals surface area contributed by atoms with Gasteiger partial charge in [0.1, 0.15) is 37.8 Å². The first-order valence-electron chi connectivity index (χ1n) is 21.5. The predicted molar refractivity (Wildman–Crippen MR) is 281 cm³/mol. The predicted octanol–water partition coefficient (Wildman–Crippen LogP) is 4.79. The third kappa shape index (κ3) is 14.7. The summed E-state index contributed by atoms with van der Waals surface area (Å²) in [4.78, 5) is 3.04. The summed E-state index contributed by atoms with van der Waals surface area (Å²) in [6, 6.07) is 41.3. The van der Waals surface area contributed by atoms with Crippen molar-refractivity contribution in [2.75, 3.05) is 39.7 Å². The first-order chi connectivity index (χ1) is 35.2. The van der Waals surface area contributed by atoms with Crippen molar-refractivity contribution in [3.05, 3.63) is 158 Å². The quantitative estimate of drug-likeness (QED) is 0.0181. The molecule has 76 heavy (non-hydrogen) atoms. The fourth-order valence-electron chi connectivity index (χ4n) is 6.86. The molecular weight excluding hydrogens is 1030 g/mol. The molecule has 0 saturated carbocycles. The Hall–Kier alpha value is -7.95. The standard InChI is InChI=1S/C49H42N16O7S2.2Na/c50-31-9-19-41(62-58-33-11-1-27(2-12-33)29-5-15-35(16-6-29)60-64-43-25-47(73(67,68)69)39(54)23-37(43)52)45(21-31)56-49(66)57-46-22-32(51)10-20-42(46)63-59-34-13-3-28(4-14-34)30-7-17-36(18-8-30)61-65-44-26-48(74(70,71)72)40(55)24-38(44)53;;/h1-26H,50-55H2,(H2,56,57,66)(H,67,68,69)(H,70,71,72);;/q;2*+1/p-2. The molecule has 8 aromatic rings. The van der Waals surface area contributed by atoms with Crippen LogP contribution in [0.1, 0.15) is 0 Å². The Balaban J connectivity index is 0.00000469. The van der Waals surface area contributed by atoms with Crippen molar-refractivity contribution in [2.45, 2.75) is 9.79 Å². The first kappa shape index (κ1) is 57.3. The molecule has 0 amide bonds. The van der Waals surface area contributed by atoms with Crippen molar-refractivity contribution in [3.63, 3.8) is 0 Å². The molecule has 27 heteroatoms. The summed E-state index contributed by atoms with van der Waals surface area (Å²) < 4.78 is 67.3. The second-order valence-corrected chi connectivity index (χ2v) is 18.6. The Labute approximate surface area is 478 Å². The Kier molecular flexibility index (Phi) is 18.6. The van der Waals surface area contributed by atoms with Gasteiger partial charge in [0, 0.05) is 11.4 Å². The summed E-state index contributed by atoms with van der Waals surface area (Å²) in [5.74, 6) is 0. The number of rotatable bonds is 14. The van der Waals surface area contributed by atoms with Gasteiger partial charge < -0.3 is 49.4 Å². The van der Waals surface area contributed by atoms with E-state index < -0.39 is 36.0 Å². The summed E-state index contributed by atoms with van der Waals surface area (Å²) in [6.07, 6.45) is 0. The number of hydrogen-bond acceptors (Lipinski definition) is 21. The van der Waals surface area contributed by atoms with E-state index in [1.807, 2.05) is 36.4 Å². The van der Waals surface area contributed by atoms with Gasteiger partial charge >= 0.3 is 59.1 Å². The van der Waals surface area contributed by atoms with Crippen LogP contribution in [0, 0.1) is 0 Å². The number of nitrogens with two attached hydrogens (primary N) is 6. The smallest absolute Gasteiger partial charge is 0.846 e. The molecule has 8 rings (SSSR count). The normalized spacial score (nSPS) is 12.1. The van der Waals surface area contributed by atoms with Gasteiger partial charge in [-0.25, -0.2) is 13.4 Å². The minimum Gasteiger partial charge on any atom is -0.846 e. The molecule has 0 fully saturated rings. The maximum atomic E-state index is 13.4. The summed E-state index contributed by atoms with van der Waals surface area (Å²) in [7, 11) is -9.44. The molecule has 0 aliphatic rings. The number of nitrogens with one attached hydrogen (secondary N) is 1. The van der Waals surface area contributed by atoms with Gasteiger partial charge in [-0.15, -0.1) is 20.5 Å². The summed E-state index contributed by atoms with van der Waals surface area (Å²) in [5.41, 5.74) is 41.7. The minimum atomic E-state index is -4.85. The monoisotopic (exact) mass is 1070 g/mol. The van der Waals surface area contributed by atoms with Gasteiger partial charge in [-0.3, -0.25) is 4.55 Å². The zero-order chi connectivity index (χ0) is 52.7. The Bertz CT molecular complexity index is 3830. The molecule has 0 radical (unpaired) electrons. The van der Waals surface area contributed by atoms with Gasteiger partial charge in [0.05, 0.1) is 67.8 Å². The van der Waals surface area contributed by atoms with Crippen LogP contribution in [0.15, 0.2) is 213 Å². The molecule has 0 heterocycles. The number of benzene rings is 8. The van der Waals surface area contributed by atoms with Crippen LogP contribution in [0.4, 0.5) is 91.0 Å². The van der Waals surface area contributed by atoms with Crippen LogP contribution in [0.3, 0.4) is 0 Å². The van der Waals surface area contributed by atoms with E-state index in [4.69, 9.17) is 34.4 Å². The molecule has 0 aromatic heterocycles. The summed E-state index contributed by atoms with van der Waals surface area (Å²) in [5, 5.41) is 49.7. The second kappa shape index (κ2) is 24.6. The SMILES string of the molecule is Nc1ccc(N=Nc2ccc(-c3ccc(N=Nc4cc(S(=O)(=O)O)c(N)cc4N)cc3)cc2)c(N=C([O-])Nc2cc(N)ccc2N=Nc2ccc(-c3ccc(N=Nc4cc(S(=O)(=O)[O-])c(N)cc4N)cc3)cc2)c1.[Na+].[Na+]. The van der Waals surface area contributed by atoms with E-state index in [1.54, 1.807) is 84.9 Å². The molecule has 0 aliphatic carbocycles. The Morgan fingerprint density at radius 3 is 1.17 bits per heavy atom. The number of hydrogen-bond donors (Lipinski definition) is 8. The first-order valence-corrected chi connectivity index (χ1v) is 24.3. The topological polar surface area (TPSA) is 414 Å². The molecule has 8 aromatic carbocycles. The van der Waals surface area contributed by atoms with Gasteiger partial charge in [-0.2, -0.15) is 28.9 Å². The van der Waals surface area contributed by atoms with Crippen LogP contribution in [0.2, 0.25) is 0 Å². The number of nitrogens with zero attached hydrogens (tertiary/aromatic N) is 9. The van der Waals surface area contributed by atoms with E-state index in [2.05, 4.69) is 51.2 Å². The Morgan fingerprint density at radius 1 is 0.408 bits per heavy atom. The second-order valence-electron chi connectivity index (χ2n) is 15.9. The average Bonchev–Trinajstić information content (AvgIpc) is 3.35. The van der Waals surface area contributed by atoms with Gasteiger partial charge in [0.15, 0.2) is 0 Å². The van der Waals surface area contributed by atoms with Crippen molar-refractivity contribution < 1.29 is 90.2 Å². The van der Waals surface area contributed by atoms with E-state index in [1.165, 1.54) is 18.2 Å². The van der Waals surface area contributed by atoms with Crippen LogP contribution < -0.4 is 104 Å². The van der Waals surface area contributed by atoms with Crippen molar-refractivity contribution in [3.8, 4) is 22.3 Å². The van der Waals surface area contributed by atoms with E-state index >= 15 is 0 Å². The van der Waals surface area contributed by atoms with Gasteiger partial charge in [-0.1, -0.05) is 48.5 Å². The van der Waals surface area contributed by atoms with Gasteiger partial charge in [0.25, 0.3) is 10.1 Å². The van der Waals surface area contributed by atoms with Crippen molar-refractivity contribution in [1.82, 2.24) is 0 Å². The summed E-state index contributed by atoms with van der Waals surface area (Å²) >= 11 is 0. The van der Waals surface area contributed by atoms with Crippen LogP contribution in [-0.2, 0) is 20.2 Å². The van der Waals surface area contributed by atoms with Crippen LogP contribution in [0.5, 0.6) is 0 Å². The van der Waals surface area contributed by atoms with Crippen molar-refractivity contribution >= 4 is 117 Å². The van der Waals surface area contributed by atoms with Crippen LogP contribution in [0.25, 0.3) is 22.3 Å². The molecule has 23 nitrogen and oxygen atoms in total. The molecule has 0 spiro atoms. The van der Waals surface area contributed by atoms with Crippen LogP contribution in [-0.4, -0.2) is 32.0 Å². The third-order valence-electron chi connectivity index (χ3n) is 10.6. The maximum absolute atomic E-state index is 13.4. The molecule has 0 atom stereocenters. The summed E-state index contributed by atoms with van der Waals surface area (Å²) in [6.45, 7) is 0. The molecule has 14 N–H and O–H groups in total. The molecule has 372 valence electrons. The van der Waals surface area contributed by atoms with Crippen LogP contribution >= 0.6 is 0 Å². The number of amidine groups is 1. The zero-order valence-corrected chi connectivity index (χ0v) is 45.8. The van der Waals surface area contributed by atoms with E-state index in [-0.39, 0.29) is 110 Å². The molecule has 0 aliphatic heterocycles. The van der Waals surface area contributed by atoms with Gasteiger partial charge in [-0.05, 0) is 131 Å². The largest absolute Gasteiger partial charge is 1.00 e. The van der Waals surface area contributed by atoms with Gasteiger partial charge in [0.2, 0.25) is 0 Å². The fourth-order valence-corrected chi connectivity index (χ4v) is 8.08. The maximum Gasteiger partial charge on any atom is 1.00 e. The number of azo groups is 4. The third-order valence-corrected chi connectivity index (χ3v) is 12.4.